The molecule has 186 valence electrons. The van der Waals surface area contributed by atoms with Gasteiger partial charge in [0.1, 0.15) is 33.9 Å². The molecule has 0 spiro atoms. The van der Waals surface area contributed by atoms with Crippen LogP contribution in [0.4, 0.5) is 10.2 Å². The van der Waals surface area contributed by atoms with Crippen molar-refractivity contribution in [3.63, 3.8) is 0 Å². The zero-order valence-corrected chi connectivity index (χ0v) is 21.5. The number of rotatable bonds is 8. The van der Waals surface area contributed by atoms with Crippen LogP contribution in [0.1, 0.15) is 48.2 Å². The van der Waals surface area contributed by atoms with E-state index in [1.165, 1.54) is 12.3 Å². The van der Waals surface area contributed by atoms with Crippen molar-refractivity contribution in [2.45, 2.75) is 39.2 Å². The number of ether oxygens (including phenoxy) is 1. The second-order valence-electron chi connectivity index (χ2n) is 8.97. The van der Waals surface area contributed by atoms with Gasteiger partial charge in [0, 0.05) is 31.0 Å². The Morgan fingerprint density at radius 1 is 1.46 bits per heavy atom. The monoisotopic (exact) mass is 500 g/mol. The van der Waals surface area contributed by atoms with Crippen molar-refractivity contribution >= 4 is 28.8 Å². The highest BCUT2D eigenvalue weighted by molar-refractivity contribution is 6.31. The molecule has 0 aliphatic carbocycles. The predicted molar refractivity (Wildman–Crippen MR) is 135 cm³/mol. The highest BCUT2D eigenvalue weighted by Crippen LogP contribution is 2.43. The van der Waals surface area contributed by atoms with E-state index in [4.69, 9.17) is 28.5 Å². The summed E-state index contributed by atoms with van der Waals surface area (Å²) in [4.78, 5) is 23.9. The van der Waals surface area contributed by atoms with E-state index >= 15 is 4.39 Å². The predicted octanol–water partition coefficient (Wildman–Crippen LogP) is 3.43. The summed E-state index contributed by atoms with van der Waals surface area (Å²) >= 11 is 6.31. The van der Waals surface area contributed by atoms with Gasteiger partial charge in [-0.1, -0.05) is 17.5 Å². The Hall–Kier alpha value is -3.35. The molecule has 35 heavy (non-hydrogen) atoms. The summed E-state index contributed by atoms with van der Waals surface area (Å²) in [5.41, 5.74) is 6.07. The van der Waals surface area contributed by atoms with E-state index in [9.17, 15) is 4.79 Å². The summed E-state index contributed by atoms with van der Waals surface area (Å²) in [5, 5.41) is 2.48. The van der Waals surface area contributed by atoms with Crippen molar-refractivity contribution in [3.8, 4) is 18.1 Å². The summed E-state index contributed by atoms with van der Waals surface area (Å²) < 4.78 is 23.1. The lowest BCUT2D eigenvalue weighted by atomic mass is 9.80. The molecule has 1 atom stereocenters. The van der Waals surface area contributed by atoms with Gasteiger partial charge in [-0.2, -0.15) is 0 Å². The van der Waals surface area contributed by atoms with Crippen molar-refractivity contribution in [3.05, 3.63) is 51.9 Å². The number of fused-ring (bicyclic) bond motifs is 1. The molecule has 3 N–H and O–H groups in total. The molecule has 1 amide bonds. The minimum Gasteiger partial charge on any atom is -0.490 e. The standard InChI is InChI=1S/C25H30ClFN6O2/c1-8-25(5,24-31-15(4)20-22(28)29-10-12-33(20)24)16-13-17(26)19(27)18(21(16)35-14(2)3)23(34)30-9-11-32(6)7/h1,10,12-14H,9,11H2,2-7H3,(H2,28,29)(H,30,34). The third kappa shape index (κ3) is 4.90. The van der Waals surface area contributed by atoms with Crippen LogP contribution >= 0.6 is 11.6 Å². The van der Waals surface area contributed by atoms with E-state index in [0.717, 1.165) is 0 Å². The summed E-state index contributed by atoms with van der Waals surface area (Å²) in [6.07, 6.45) is 8.93. The molecule has 2 aromatic heterocycles. The third-order valence-electron chi connectivity index (χ3n) is 5.63. The number of halogens is 2. The van der Waals surface area contributed by atoms with E-state index in [1.54, 1.807) is 38.3 Å². The van der Waals surface area contributed by atoms with Crippen molar-refractivity contribution in [1.82, 2.24) is 24.6 Å². The molecule has 0 saturated heterocycles. The molecule has 2 heterocycles. The second-order valence-corrected chi connectivity index (χ2v) is 9.38. The average Bonchev–Trinajstić information content (AvgIpc) is 3.13. The summed E-state index contributed by atoms with van der Waals surface area (Å²) in [7, 11) is 3.74. The molecule has 0 aliphatic rings. The number of likely N-dealkylation sites (N-methyl/N-ethyl adjacent to an activating group) is 1. The molecule has 0 saturated carbocycles. The lowest BCUT2D eigenvalue weighted by Gasteiger charge is -2.28. The third-order valence-corrected chi connectivity index (χ3v) is 5.90. The molecule has 0 radical (unpaired) electrons. The van der Waals surface area contributed by atoms with Gasteiger partial charge in [0.15, 0.2) is 5.82 Å². The first-order chi connectivity index (χ1) is 16.4. The molecule has 3 rings (SSSR count). The fourth-order valence-corrected chi connectivity index (χ4v) is 4.08. The molecule has 0 fully saturated rings. The Morgan fingerprint density at radius 3 is 2.74 bits per heavy atom. The average molecular weight is 501 g/mol. The van der Waals surface area contributed by atoms with Crippen LogP contribution in [0.15, 0.2) is 18.5 Å². The van der Waals surface area contributed by atoms with E-state index in [2.05, 4.69) is 21.2 Å². The molecule has 0 aliphatic heterocycles. The number of nitrogen functional groups attached to an aromatic ring is 1. The molecule has 8 nitrogen and oxygen atoms in total. The lowest BCUT2D eigenvalue weighted by Crippen LogP contribution is -2.33. The van der Waals surface area contributed by atoms with Gasteiger partial charge in [-0.05, 0) is 47.9 Å². The normalized spacial score (nSPS) is 13.2. The van der Waals surface area contributed by atoms with Gasteiger partial charge in [0.05, 0.1) is 16.8 Å². The fourth-order valence-electron chi connectivity index (χ4n) is 3.88. The van der Waals surface area contributed by atoms with Crippen LogP contribution in [-0.2, 0) is 5.41 Å². The van der Waals surface area contributed by atoms with Crippen LogP contribution in [-0.4, -0.2) is 58.5 Å². The number of aryl methyl sites for hydroxylation is 1. The van der Waals surface area contributed by atoms with E-state index < -0.39 is 17.1 Å². The maximum atomic E-state index is 15.4. The highest BCUT2D eigenvalue weighted by atomic mass is 35.5. The van der Waals surface area contributed by atoms with Crippen molar-refractivity contribution in [2.24, 2.45) is 0 Å². The summed E-state index contributed by atoms with van der Waals surface area (Å²) in [6.45, 7) is 7.95. The quantitative estimate of drug-likeness (QED) is 0.460. The Labute approximate surface area is 209 Å². The Kier molecular flexibility index (Phi) is 7.58. The smallest absolute Gasteiger partial charge is 0.258 e. The first-order valence-electron chi connectivity index (χ1n) is 11.1. The molecular formula is C25H30ClFN6O2. The largest absolute Gasteiger partial charge is 0.490 e. The number of hydrogen-bond acceptors (Lipinski definition) is 6. The van der Waals surface area contributed by atoms with Crippen LogP contribution < -0.4 is 15.8 Å². The van der Waals surface area contributed by atoms with E-state index in [1.807, 2.05) is 19.0 Å². The first-order valence-corrected chi connectivity index (χ1v) is 11.5. The molecule has 3 aromatic rings. The highest BCUT2D eigenvalue weighted by Gasteiger charge is 2.39. The number of carbonyl (C=O) groups excluding carboxylic acids is 1. The minimum absolute atomic E-state index is 0.0149. The Morgan fingerprint density at radius 2 is 2.14 bits per heavy atom. The Bertz CT molecular complexity index is 1310. The summed E-state index contributed by atoms with van der Waals surface area (Å²) in [6, 6.07) is 1.39. The van der Waals surface area contributed by atoms with Gasteiger partial charge in [-0.3, -0.25) is 9.20 Å². The number of imidazole rings is 1. The van der Waals surface area contributed by atoms with Crippen LogP contribution in [0.5, 0.6) is 5.75 Å². The topological polar surface area (TPSA) is 97.8 Å². The number of nitrogens with two attached hydrogens (primary N) is 1. The van der Waals surface area contributed by atoms with Crippen molar-refractivity contribution < 1.29 is 13.9 Å². The van der Waals surface area contributed by atoms with Crippen LogP contribution in [0, 0.1) is 25.1 Å². The van der Waals surface area contributed by atoms with Crippen LogP contribution in [0.2, 0.25) is 5.02 Å². The van der Waals surface area contributed by atoms with Crippen molar-refractivity contribution in [1.29, 1.82) is 0 Å². The Balaban J connectivity index is 2.30. The molecule has 1 aromatic carbocycles. The zero-order chi connectivity index (χ0) is 26.1. The van der Waals surface area contributed by atoms with E-state index in [-0.39, 0.29) is 22.4 Å². The number of amides is 1. The SMILES string of the molecule is C#CC(C)(c1cc(Cl)c(F)c(C(=O)NCCN(C)C)c1OC(C)C)c1nc(C)c2c(N)nccn12. The number of benzene rings is 1. The number of nitrogens with zero attached hydrogens (tertiary/aromatic N) is 4. The number of terminal acetylenes is 1. The van der Waals surface area contributed by atoms with Crippen LogP contribution in [0.25, 0.3) is 5.52 Å². The maximum absolute atomic E-state index is 15.4. The first kappa shape index (κ1) is 26.3. The number of hydrogen-bond donors (Lipinski definition) is 2. The van der Waals surface area contributed by atoms with Gasteiger partial charge in [-0.15, -0.1) is 6.42 Å². The molecule has 0 bridgehead atoms. The van der Waals surface area contributed by atoms with Gasteiger partial charge in [0.25, 0.3) is 5.91 Å². The van der Waals surface area contributed by atoms with E-state index in [0.29, 0.717) is 41.5 Å². The summed E-state index contributed by atoms with van der Waals surface area (Å²) in [5.74, 6) is 1.97. The second kappa shape index (κ2) is 10.1. The van der Waals surface area contributed by atoms with Crippen molar-refractivity contribution in [2.75, 3.05) is 32.9 Å². The van der Waals surface area contributed by atoms with Gasteiger partial charge in [-0.25, -0.2) is 14.4 Å². The number of carbonyl (C=O) groups is 1. The number of aromatic nitrogens is 3. The number of anilines is 1. The van der Waals surface area contributed by atoms with Gasteiger partial charge >= 0.3 is 0 Å². The zero-order valence-electron chi connectivity index (χ0n) is 20.7. The van der Waals surface area contributed by atoms with Crippen LogP contribution in [0.3, 0.4) is 0 Å². The van der Waals surface area contributed by atoms with Gasteiger partial charge < -0.3 is 20.7 Å². The molecular weight excluding hydrogens is 471 g/mol. The lowest BCUT2D eigenvalue weighted by molar-refractivity contribution is 0.0940. The molecule has 10 heteroatoms. The number of nitrogens with one attached hydrogen (secondary N) is 1. The minimum atomic E-state index is -1.27. The molecule has 1 unspecified atom stereocenters. The fraction of sp³-hybridized carbons (Fsp3) is 0.400. The maximum Gasteiger partial charge on any atom is 0.258 e. The van der Waals surface area contributed by atoms with Gasteiger partial charge in [0.2, 0.25) is 0 Å².